The molecule has 2 heterocycles. The van der Waals surface area contributed by atoms with Gasteiger partial charge in [-0.15, -0.1) is 0 Å². The number of benzene rings is 3. The van der Waals surface area contributed by atoms with Gasteiger partial charge in [-0.2, -0.15) is 0 Å². The van der Waals surface area contributed by atoms with Gasteiger partial charge < -0.3 is 14.4 Å². The van der Waals surface area contributed by atoms with Crippen LogP contribution in [0.2, 0.25) is 0 Å². The molecule has 2 aliphatic heterocycles. The average Bonchev–Trinajstić information content (AvgIpc) is 3.20. The Morgan fingerprint density at radius 2 is 1.77 bits per heavy atom. The number of amides is 3. The van der Waals surface area contributed by atoms with Gasteiger partial charge in [0, 0.05) is 17.6 Å². The molecule has 5 rings (SSSR count). The van der Waals surface area contributed by atoms with Crippen LogP contribution in [0.1, 0.15) is 29.2 Å². The second-order valence-electron chi connectivity index (χ2n) is 9.16. The number of hydrogen-bond acceptors (Lipinski definition) is 6. The fourth-order valence-corrected chi connectivity index (χ4v) is 5.58. The number of ether oxygens (including phenoxy) is 2. The molecule has 2 aliphatic rings. The second-order valence-corrected chi connectivity index (χ2v) is 11.1. The van der Waals surface area contributed by atoms with Crippen molar-refractivity contribution >= 4 is 50.8 Å². The topological polar surface area (TPSA) is 76.2 Å². The molecule has 3 aromatic carbocycles. The largest absolute Gasteiger partial charge is 0.490 e. The lowest BCUT2D eigenvalue weighted by molar-refractivity contribution is -0.136. The number of halogens is 1. The minimum absolute atomic E-state index is 0.237. The van der Waals surface area contributed by atoms with Crippen LogP contribution in [-0.4, -0.2) is 46.5 Å². The Morgan fingerprint density at radius 1 is 1.00 bits per heavy atom. The van der Waals surface area contributed by atoms with Crippen molar-refractivity contribution in [3.63, 3.8) is 0 Å². The molecule has 0 spiro atoms. The van der Waals surface area contributed by atoms with Crippen LogP contribution in [0.3, 0.4) is 0 Å². The Morgan fingerprint density at radius 3 is 2.54 bits per heavy atom. The maximum absolute atomic E-state index is 13.1. The van der Waals surface area contributed by atoms with Crippen LogP contribution in [-0.2, 0) is 29.2 Å². The van der Waals surface area contributed by atoms with Gasteiger partial charge in [0.05, 0.1) is 11.5 Å². The number of fused-ring (bicyclic) bond motifs is 1. The molecule has 9 heteroatoms. The van der Waals surface area contributed by atoms with Gasteiger partial charge in [-0.3, -0.25) is 19.3 Å². The van der Waals surface area contributed by atoms with E-state index in [0.717, 1.165) is 38.7 Å². The van der Waals surface area contributed by atoms with Crippen LogP contribution >= 0.6 is 27.7 Å². The number of carbonyl (C=O) groups is 3. The highest BCUT2D eigenvalue weighted by molar-refractivity contribution is 9.10. The van der Waals surface area contributed by atoms with Gasteiger partial charge in [-0.25, -0.2) is 0 Å². The summed E-state index contributed by atoms with van der Waals surface area (Å²) >= 11 is 4.27. The van der Waals surface area contributed by atoms with E-state index < -0.39 is 11.1 Å². The normalized spacial score (nSPS) is 16.0. The zero-order valence-corrected chi connectivity index (χ0v) is 23.8. The third-order valence-electron chi connectivity index (χ3n) is 6.52. The Kier molecular flexibility index (Phi) is 8.38. The van der Waals surface area contributed by atoms with E-state index in [1.54, 1.807) is 23.1 Å². The van der Waals surface area contributed by atoms with Crippen LogP contribution in [0.4, 0.5) is 4.79 Å². The predicted octanol–water partition coefficient (Wildman–Crippen LogP) is 6.05. The molecule has 200 valence electrons. The molecule has 1 saturated heterocycles. The van der Waals surface area contributed by atoms with Crippen molar-refractivity contribution in [3.05, 3.63) is 98.4 Å². The Labute approximate surface area is 239 Å². The van der Waals surface area contributed by atoms with E-state index >= 15 is 0 Å². The summed E-state index contributed by atoms with van der Waals surface area (Å²) in [5.74, 6) is 0.421. The Hall–Kier alpha value is -3.56. The number of thioether (sulfide) groups is 1. The highest BCUT2D eigenvalue weighted by atomic mass is 79.9. The van der Waals surface area contributed by atoms with E-state index in [-0.39, 0.29) is 17.4 Å². The van der Waals surface area contributed by atoms with Crippen molar-refractivity contribution < 1.29 is 23.9 Å². The first-order valence-corrected chi connectivity index (χ1v) is 14.3. The molecule has 0 atom stereocenters. The molecule has 3 amide bonds. The average molecular weight is 608 g/mol. The molecule has 0 radical (unpaired) electrons. The zero-order chi connectivity index (χ0) is 27.4. The molecular weight excluding hydrogens is 580 g/mol. The van der Waals surface area contributed by atoms with E-state index in [0.29, 0.717) is 43.4 Å². The molecule has 7 nitrogen and oxygen atoms in total. The van der Waals surface area contributed by atoms with Crippen molar-refractivity contribution in [2.24, 2.45) is 0 Å². The zero-order valence-electron chi connectivity index (χ0n) is 21.4. The minimum atomic E-state index is -0.468. The number of hydrogen-bond donors (Lipinski definition) is 0. The monoisotopic (exact) mass is 606 g/mol. The highest BCUT2D eigenvalue weighted by Crippen LogP contribution is 2.35. The number of rotatable bonds is 8. The first kappa shape index (κ1) is 27.0. The molecule has 0 saturated carbocycles. The van der Waals surface area contributed by atoms with Gasteiger partial charge in [-0.1, -0.05) is 58.4 Å². The first-order chi connectivity index (χ1) is 18.9. The van der Waals surface area contributed by atoms with Crippen molar-refractivity contribution in [2.45, 2.75) is 26.5 Å². The van der Waals surface area contributed by atoms with E-state index in [2.05, 4.69) is 22.0 Å². The van der Waals surface area contributed by atoms with Crippen molar-refractivity contribution in [1.29, 1.82) is 0 Å². The summed E-state index contributed by atoms with van der Waals surface area (Å²) in [6.07, 6.45) is 2.41. The predicted molar refractivity (Wildman–Crippen MR) is 154 cm³/mol. The smallest absolute Gasteiger partial charge is 0.294 e. The number of carbonyl (C=O) groups excluding carboxylic acids is 3. The lowest BCUT2D eigenvalue weighted by Gasteiger charge is -2.29. The van der Waals surface area contributed by atoms with Crippen LogP contribution in [0.25, 0.3) is 6.08 Å². The lowest BCUT2D eigenvalue weighted by Crippen LogP contribution is -2.44. The van der Waals surface area contributed by atoms with Gasteiger partial charge in [0.2, 0.25) is 5.91 Å². The SMILES string of the molecule is CCOc1cc(/C=C2\SC(=O)N(CC(=O)N3CCc4ccccc4C3)C2=O)ccc1OCc1ccc(Br)cc1. The van der Waals surface area contributed by atoms with Gasteiger partial charge >= 0.3 is 0 Å². The van der Waals surface area contributed by atoms with E-state index in [4.69, 9.17) is 9.47 Å². The third-order valence-corrected chi connectivity index (χ3v) is 7.96. The molecule has 1 fully saturated rings. The number of imide groups is 1. The van der Waals surface area contributed by atoms with Crippen LogP contribution in [0.15, 0.2) is 76.1 Å². The van der Waals surface area contributed by atoms with Gasteiger partial charge in [0.1, 0.15) is 13.2 Å². The van der Waals surface area contributed by atoms with Crippen molar-refractivity contribution in [3.8, 4) is 11.5 Å². The molecule has 0 unspecified atom stereocenters. The van der Waals surface area contributed by atoms with Gasteiger partial charge in [0.15, 0.2) is 11.5 Å². The molecule has 0 aliphatic carbocycles. The van der Waals surface area contributed by atoms with Crippen molar-refractivity contribution in [2.75, 3.05) is 19.7 Å². The Bertz CT molecular complexity index is 1440. The van der Waals surface area contributed by atoms with Crippen LogP contribution in [0, 0.1) is 0 Å². The fourth-order valence-electron chi connectivity index (χ4n) is 4.48. The number of nitrogens with zero attached hydrogens (tertiary/aromatic N) is 2. The van der Waals surface area contributed by atoms with E-state index in [1.165, 1.54) is 5.56 Å². The summed E-state index contributed by atoms with van der Waals surface area (Å²) < 4.78 is 12.8. The van der Waals surface area contributed by atoms with Crippen molar-refractivity contribution in [1.82, 2.24) is 9.80 Å². The van der Waals surface area contributed by atoms with E-state index in [1.807, 2.05) is 55.5 Å². The first-order valence-electron chi connectivity index (χ1n) is 12.7. The summed E-state index contributed by atoms with van der Waals surface area (Å²) in [6, 6.07) is 21.3. The minimum Gasteiger partial charge on any atom is -0.490 e. The van der Waals surface area contributed by atoms with Crippen LogP contribution < -0.4 is 9.47 Å². The summed E-state index contributed by atoms with van der Waals surface area (Å²) in [5.41, 5.74) is 4.04. The molecule has 3 aromatic rings. The lowest BCUT2D eigenvalue weighted by atomic mass is 10.00. The summed E-state index contributed by atoms with van der Waals surface area (Å²) in [4.78, 5) is 41.7. The van der Waals surface area contributed by atoms with Gasteiger partial charge in [-0.05, 0) is 77.7 Å². The molecule has 0 bridgehead atoms. The molecule has 0 N–H and O–H groups in total. The molecular formula is C30H27BrN2O5S. The van der Waals surface area contributed by atoms with E-state index in [9.17, 15) is 14.4 Å². The summed E-state index contributed by atoms with van der Waals surface area (Å²) in [6.45, 7) is 3.49. The third kappa shape index (κ3) is 6.37. The summed E-state index contributed by atoms with van der Waals surface area (Å²) in [5, 5.41) is -0.448. The molecule has 39 heavy (non-hydrogen) atoms. The second kappa shape index (κ2) is 12.1. The highest BCUT2D eigenvalue weighted by Gasteiger charge is 2.37. The Balaban J connectivity index is 1.26. The maximum atomic E-state index is 13.1. The standard InChI is InChI=1S/C30H27BrN2O5S/c1-2-37-26-15-21(9-12-25(26)38-19-20-7-10-24(31)11-8-20)16-27-29(35)33(30(36)39-27)18-28(34)32-14-13-22-5-3-4-6-23(22)17-32/h3-12,15-16H,2,13-14,17-19H2,1H3/b27-16-. The maximum Gasteiger partial charge on any atom is 0.294 e. The van der Waals surface area contributed by atoms with Crippen LogP contribution in [0.5, 0.6) is 11.5 Å². The molecule has 0 aromatic heterocycles. The van der Waals surface area contributed by atoms with Gasteiger partial charge in [0.25, 0.3) is 11.1 Å². The summed E-state index contributed by atoms with van der Waals surface area (Å²) in [7, 11) is 0. The fraction of sp³-hybridized carbons (Fsp3) is 0.233. The quantitative estimate of drug-likeness (QED) is 0.291.